The van der Waals surface area contributed by atoms with Crippen molar-refractivity contribution in [1.29, 1.82) is 0 Å². The van der Waals surface area contributed by atoms with Gasteiger partial charge in [0.05, 0.1) is 12.6 Å². The summed E-state index contributed by atoms with van der Waals surface area (Å²) in [4.78, 5) is 40.4. The maximum absolute atomic E-state index is 10.9. The molecule has 0 heterocycles. The van der Waals surface area contributed by atoms with Crippen LogP contribution >= 0.6 is 22.8 Å². The van der Waals surface area contributed by atoms with Gasteiger partial charge < -0.3 is 33.2 Å². The SMILES string of the molecule is O=P([O-])(O)CN(CCc1ccc(OP=S)cc1)CP(=O)([O-])O.[Na+].[Na+]. The molecule has 0 radical (unpaired) electrons. The molecule has 124 valence electrons. The average molecular weight is 431 g/mol. The van der Waals surface area contributed by atoms with E-state index < -0.39 is 27.8 Å². The predicted octanol–water partition coefficient (Wildman–Crippen LogP) is -5.75. The summed E-state index contributed by atoms with van der Waals surface area (Å²) in [6.07, 6.45) is -1.38. The van der Waals surface area contributed by atoms with Gasteiger partial charge in [0.1, 0.15) is 20.9 Å². The Balaban J connectivity index is 0. The molecule has 0 spiro atoms. The minimum Gasteiger partial charge on any atom is -0.778 e. The van der Waals surface area contributed by atoms with Gasteiger partial charge in [0.2, 0.25) is 7.58 Å². The second-order valence-electron chi connectivity index (χ2n) is 4.51. The van der Waals surface area contributed by atoms with Crippen molar-refractivity contribution in [1.82, 2.24) is 4.90 Å². The van der Waals surface area contributed by atoms with E-state index in [4.69, 9.17) is 14.3 Å². The molecule has 0 aliphatic carbocycles. The molecule has 0 bridgehead atoms. The van der Waals surface area contributed by atoms with E-state index in [1.165, 1.54) is 0 Å². The Bertz CT molecular complexity index is 571. The topological polar surface area (TPSA) is 133 Å². The number of benzene rings is 1. The molecule has 0 aromatic heterocycles. The van der Waals surface area contributed by atoms with E-state index in [1.807, 2.05) is 0 Å². The van der Waals surface area contributed by atoms with Gasteiger partial charge in [-0.3, -0.25) is 4.90 Å². The fraction of sp³-hybridized carbons (Fsp3) is 0.400. The standard InChI is InChI=1S/C10H16NO7P3S.2Na/c12-20(13,14)7-11(8-21(15,16)17)6-5-9-1-3-10(4-2-9)18-19-22;;/h1-4H,5-8H2,(H2,12,13,14)(H2,15,16,17);;/q;2*+1/p-2. The Morgan fingerprint density at radius 2 is 1.54 bits per heavy atom. The van der Waals surface area contributed by atoms with Crippen LogP contribution in [0.15, 0.2) is 24.3 Å². The van der Waals surface area contributed by atoms with Crippen LogP contribution in [0.1, 0.15) is 5.56 Å². The zero-order chi connectivity index (χ0) is 16.8. The number of rotatable bonds is 9. The van der Waals surface area contributed by atoms with Gasteiger partial charge in [-0.2, -0.15) is 0 Å². The largest absolute Gasteiger partial charge is 1.00 e. The Morgan fingerprint density at radius 1 is 1.08 bits per heavy atom. The first kappa shape index (κ1) is 28.0. The summed E-state index contributed by atoms with van der Waals surface area (Å²) >= 11 is 4.64. The van der Waals surface area contributed by atoms with E-state index in [2.05, 4.69) is 11.8 Å². The molecule has 2 atom stereocenters. The van der Waals surface area contributed by atoms with Gasteiger partial charge in [0, 0.05) is 6.54 Å². The van der Waals surface area contributed by atoms with Crippen molar-refractivity contribution in [3.63, 3.8) is 0 Å². The van der Waals surface area contributed by atoms with Gasteiger partial charge in [0.25, 0.3) is 0 Å². The van der Waals surface area contributed by atoms with Crippen molar-refractivity contribution in [2.24, 2.45) is 0 Å². The third-order valence-electron chi connectivity index (χ3n) is 2.54. The molecular formula is C10H14NNa2O7P3S. The van der Waals surface area contributed by atoms with Crippen LogP contribution in [0, 0.1) is 0 Å². The zero-order valence-corrected chi connectivity index (χ0v) is 20.8. The van der Waals surface area contributed by atoms with E-state index in [0.717, 1.165) is 10.5 Å². The predicted molar refractivity (Wildman–Crippen MR) is 81.1 cm³/mol. The number of hydrogen-bond acceptors (Lipinski definition) is 7. The fourth-order valence-electron chi connectivity index (χ4n) is 1.74. The summed E-state index contributed by atoms with van der Waals surface area (Å²) in [6, 6.07) is 6.79. The molecule has 2 unspecified atom stereocenters. The van der Waals surface area contributed by atoms with Crippen molar-refractivity contribution in [2.75, 3.05) is 19.1 Å². The molecule has 2 N–H and O–H groups in total. The molecule has 0 fully saturated rings. The van der Waals surface area contributed by atoms with Crippen molar-refractivity contribution in [3.05, 3.63) is 29.8 Å². The first-order valence-corrected chi connectivity index (χ1v) is 11.3. The quantitative estimate of drug-likeness (QED) is 0.290. The van der Waals surface area contributed by atoms with Crippen molar-refractivity contribution >= 4 is 34.6 Å². The van der Waals surface area contributed by atoms with Crippen LogP contribution in [0.25, 0.3) is 0 Å². The van der Waals surface area contributed by atoms with Crippen LogP contribution in [0.3, 0.4) is 0 Å². The Labute approximate surface area is 191 Å². The Hall–Kier alpha value is 1.80. The minimum atomic E-state index is -4.67. The average Bonchev–Trinajstić information content (AvgIpc) is 2.34. The normalized spacial score (nSPS) is 15.7. The summed E-state index contributed by atoms with van der Waals surface area (Å²) in [6.45, 7) is 0.0269. The summed E-state index contributed by atoms with van der Waals surface area (Å²) in [5.41, 5.74) is 0.802. The monoisotopic (exact) mass is 431 g/mol. The summed E-state index contributed by atoms with van der Waals surface area (Å²) in [7, 11) is -9.01. The molecule has 1 aromatic carbocycles. The summed E-state index contributed by atoms with van der Waals surface area (Å²) < 4.78 is 26.9. The van der Waals surface area contributed by atoms with E-state index in [-0.39, 0.29) is 65.7 Å². The maximum Gasteiger partial charge on any atom is 1.00 e. The van der Waals surface area contributed by atoms with Gasteiger partial charge in [-0.1, -0.05) is 12.1 Å². The number of hydrogen-bond donors (Lipinski definition) is 2. The van der Waals surface area contributed by atoms with E-state index in [0.29, 0.717) is 19.8 Å². The first-order valence-electron chi connectivity index (χ1n) is 5.96. The molecular weight excluding hydrogens is 417 g/mol. The molecule has 0 amide bonds. The summed E-state index contributed by atoms with van der Waals surface area (Å²) in [5, 5.41) is 0. The van der Waals surface area contributed by atoms with Gasteiger partial charge >= 0.3 is 59.1 Å². The van der Waals surface area contributed by atoms with Crippen LogP contribution in [-0.2, 0) is 27.4 Å². The molecule has 0 saturated carbocycles. The van der Waals surface area contributed by atoms with Crippen molar-refractivity contribution in [3.8, 4) is 5.75 Å². The van der Waals surface area contributed by atoms with Gasteiger partial charge in [-0.15, -0.1) is 0 Å². The second-order valence-corrected chi connectivity index (χ2v) is 8.41. The van der Waals surface area contributed by atoms with Gasteiger partial charge in [-0.05, 0) is 35.9 Å². The smallest absolute Gasteiger partial charge is 0.778 e. The van der Waals surface area contributed by atoms with E-state index in [9.17, 15) is 18.9 Å². The Morgan fingerprint density at radius 3 is 1.92 bits per heavy atom. The van der Waals surface area contributed by atoms with E-state index in [1.54, 1.807) is 24.3 Å². The third kappa shape index (κ3) is 13.9. The van der Waals surface area contributed by atoms with Gasteiger partial charge in [0.15, 0.2) is 0 Å². The molecule has 1 rings (SSSR count). The Kier molecular flexibility index (Phi) is 15.2. The van der Waals surface area contributed by atoms with Gasteiger partial charge in [-0.25, -0.2) is 0 Å². The third-order valence-corrected chi connectivity index (χ3v) is 4.56. The molecule has 8 nitrogen and oxygen atoms in total. The molecule has 0 saturated heterocycles. The van der Waals surface area contributed by atoms with Crippen molar-refractivity contribution in [2.45, 2.75) is 6.42 Å². The fourth-order valence-corrected chi connectivity index (χ4v) is 3.86. The second kappa shape index (κ2) is 13.1. The van der Waals surface area contributed by atoms with Crippen LogP contribution in [0.5, 0.6) is 5.75 Å². The molecule has 14 heteroatoms. The van der Waals surface area contributed by atoms with Crippen LogP contribution in [-0.4, -0.2) is 33.8 Å². The zero-order valence-electron chi connectivity index (χ0n) is 13.3. The number of nitrogens with zero attached hydrogens (tertiary/aromatic N) is 1. The molecule has 24 heavy (non-hydrogen) atoms. The van der Waals surface area contributed by atoms with Crippen LogP contribution in [0.2, 0.25) is 0 Å². The van der Waals surface area contributed by atoms with Crippen LogP contribution in [0.4, 0.5) is 0 Å². The first-order chi connectivity index (χ1) is 10.1. The van der Waals surface area contributed by atoms with Crippen LogP contribution < -0.4 is 73.4 Å². The molecule has 0 aliphatic heterocycles. The summed E-state index contributed by atoms with van der Waals surface area (Å²) in [5.74, 6) is 0.580. The molecule has 0 aliphatic rings. The minimum absolute atomic E-state index is 0. The van der Waals surface area contributed by atoms with Crippen molar-refractivity contribution < 1.29 is 92.3 Å². The maximum atomic E-state index is 10.9. The van der Waals surface area contributed by atoms with E-state index >= 15 is 0 Å². The molecule has 1 aromatic rings.